The molecule has 1 aliphatic rings. The Balaban J connectivity index is 1.80. The lowest BCUT2D eigenvalue weighted by Gasteiger charge is -2.16. The van der Waals surface area contributed by atoms with E-state index in [4.69, 9.17) is 14.8 Å². The molecule has 2 aromatic heterocycles. The number of amides is 1. The second-order valence-corrected chi connectivity index (χ2v) is 7.95. The molecule has 3 heterocycles. The van der Waals surface area contributed by atoms with E-state index in [0.29, 0.717) is 6.61 Å². The summed E-state index contributed by atoms with van der Waals surface area (Å²) in [6.07, 6.45) is 5.26. The van der Waals surface area contributed by atoms with E-state index in [0.717, 1.165) is 47.0 Å². The second-order valence-electron chi connectivity index (χ2n) is 7.95. The predicted octanol–water partition coefficient (Wildman–Crippen LogP) is 2.50. The zero-order chi connectivity index (χ0) is 20.8. The van der Waals surface area contributed by atoms with Gasteiger partial charge in [-0.3, -0.25) is 9.48 Å². The van der Waals surface area contributed by atoms with Crippen LogP contribution in [-0.4, -0.2) is 51.2 Å². The number of anilines is 1. The molecule has 152 valence electrons. The van der Waals surface area contributed by atoms with Crippen molar-refractivity contribution in [1.82, 2.24) is 24.5 Å². The fourth-order valence-electron chi connectivity index (χ4n) is 3.83. The van der Waals surface area contributed by atoms with Crippen LogP contribution in [0.25, 0.3) is 17.1 Å². The quantitative estimate of drug-likeness (QED) is 0.600. The van der Waals surface area contributed by atoms with Gasteiger partial charge in [-0.1, -0.05) is 0 Å². The Bertz CT molecular complexity index is 1070. The second kappa shape index (κ2) is 7.11. The van der Waals surface area contributed by atoms with Crippen LogP contribution in [0.1, 0.15) is 31.7 Å². The molecule has 0 bridgehead atoms. The number of hydrogen-bond acceptors (Lipinski definition) is 5. The van der Waals surface area contributed by atoms with Gasteiger partial charge in [0.1, 0.15) is 5.69 Å². The number of benzene rings is 1. The molecule has 8 nitrogen and oxygen atoms in total. The standard InChI is InChI=1S/C21H26N6O2/c1-21(2)16-11-14(8-9-17(16)26(4)20(21)28)19-23-18(7-6-10-29-5)24-27(19)15-12-22-25(3)13-15/h8-9,11-13H,6-7,10H2,1-5H3. The molecule has 1 aliphatic heterocycles. The molecule has 0 atom stereocenters. The molecule has 0 unspecified atom stereocenters. The summed E-state index contributed by atoms with van der Waals surface area (Å²) in [5.41, 5.74) is 3.15. The zero-order valence-electron chi connectivity index (χ0n) is 17.5. The maximum Gasteiger partial charge on any atom is 0.236 e. The Hall–Kier alpha value is -3.00. The van der Waals surface area contributed by atoms with Crippen molar-refractivity contribution < 1.29 is 9.53 Å². The number of likely N-dealkylation sites (N-methyl/N-ethyl adjacent to an activating group) is 1. The molecule has 3 aromatic rings. The van der Waals surface area contributed by atoms with Crippen LogP contribution in [0.3, 0.4) is 0 Å². The molecule has 8 heteroatoms. The van der Waals surface area contributed by atoms with E-state index in [1.165, 1.54) is 0 Å². The number of carbonyl (C=O) groups is 1. The van der Waals surface area contributed by atoms with Gasteiger partial charge in [-0.2, -0.15) is 10.2 Å². The lowest BCUT2D eigenvalue weighted by atomic mass is 9.85. The van der Waals surface area contributed by atoms with E-state index < -0.39 is 5.41 Å². The minimum Gasteiger partial charge on any atom is -0.385 e. The molecule has 1 amide bonds. The summed E-state index contributed by atoms with van der Waals surface area (Å²) >= 11 is 0. The summed E-state index contributed by atoms with van der Waals surface area (Å²) in [5.74, 6) is 1.60. The fraction of sp³-hybridized carbons (Fsp3) is 0.429. The fourth-order valence-corrected chi connectivity index (χ4v) is 3.83. The Kier molecular flexibility index (Phi) is 4.74. The molecule has 4 rings (SSSR count). The van der Waals surface area contributed by atoms with Crippen molar-refractivity contribution in [3.63, 3.8) is 0 Å². The minimum absolute atomic E-state index is 0.0960. The Morgan fingerprint density at radius 1 is 1.21 bits per heavy atom. The van der Waals surface area contributed by atoms with Crippen LogP contribution in [0.5, 0.6) is 0 Å². The lowest BCUT2D eigenvalue weighted by molar-refractivity contribution is -0.121. The van der Waals surface area contributed by atoms with Crippen LogP contribution >= 0.6 is 0 Å². The van der Waals surface area contributed by atoms with Crippen LogP contribution in [0.15, 0.2) is 30.6 Å². The summed E-state index contributed by atoms with van der Waals surface area (Å²) in [4.78, 5) is 19.2. The van der Waals surface area contributed by atoms with Crippen LogP contribution in [0.4, 0.5) is 5.69 Å². The van der Waals surface area contributed by atoms with Gasteiger partial charge in [-0.25, -0.2) is 9.67 Å². The monoisotopic (exact) mass is 394 g/mol. The number of ether oxygens (including phenoxy) is 1. The molecule has 0 spiro atoms. The van der Waals surface area contributed by atoms with Crippen molar-refractivity contribution in [3.05, 3.63) is 42.0 Å². The van der Waals surface area contributed by atoms with Crippen LogP contribution < -0.4 is 4.90 Å². The predicted molar refractivity (Wildman–Crippen MR) is 110 cm³/mol. The third-order valence-electron chi connectivity index (χ3n) is 5.46. The van der Waals surface area contributed by atoms with Crippen molar-refractivity contribution >= 4 is 11.6 Å². The summed E-state index contributed by atoms with van der Waals surface area (Å²) in [7, 11) is 5.39. The van der Waals surface area contributed by atoms with Crippen LogP contribution in [0, 0.1) is 0 Å². The highest BCUT2D eigenvalue weighted by Crippen LogP contribution is 2.42. The van der Waals surface area contributed by atoms with Crippen molar-refractivity contribution in [3.8, 4) is 17.1 Å². The summed E-state index contributed by atoms with van der Waals surface area (Å²) in [6, 6.07) is 6.05. The van der Waals surface area contributed by atoms with E-state index in [9.17, 15) is 4.79 Å². The highest BCUT2D eigenvalue weighted by atomic mass is 16.5. The van der Waals surface area contributed by atoms with Gasteiger partial charge < -0.3 is 9.64 Å². The molecule has 0 saturated carbocycles. The molecule has 0 aliphatic carbocycles. The Labute approximate surface area is 170 Å². The third-order valence-corrected chi connectivity index (χ3v) is 5.46. The first-order valence-corrected chi connectivity index (χ1v) is 9.70. The van der Waals surface area contributed by atoms with Gasteiger partial charge >= 0.3 is 0 Å². The Morgan fingerprint density at radius 2 is 2.00 bits per heavy atom. The molecular formula is C21H26N6O2. The first kappa shape index (κ1) is 19.3. The van der Waals surface area contributed by atoms with Crippen LogP contribution in [-0.2, 0) is 28.4 Å². The van der Waals surface area contributed by atoms with Crippen molar-refractivity contribution in [2.45, 2.75) is 32.1 Å². The van der Waals surface area contributed by atoms with Gasteiger partial charge in [-0.05, 0) is 44.0 Å². The largest absolute Gasteiger partial charge is 0.385 e. The first-order chi connectivity index (χ1) is 13.8. The number of aryl methyl sites for hydroxylation is 2. The van der Waals surface area contributed by atoms with E-state index in [-0.39, 0.29) is 5.91 Å². The normalized spacial score (nSPS) is 15.2. The van der Waals surface area contributed by atoms with E-state index in [1.807, 2.05) is 51.0 Å². The first-order valence-electron chi connectivity index (χ1n) is 9.70. The molecule has 1 aromatic carbocycles. The highest BCUT2D eigenvalue weighted by molar-refractivity contribution is 6.07. The SMILES string of the molecule is COCCCc1nc(-c2ccc3c(c2)C(C)(C)C(=O)N3C)n(-c2cnn(C)c2)n1. The van der Waals surface area contributed by atoms with Crippen LogP contribution in [0.2, 0.25) is 0 Å². The highest BCUT2D eigenvalue weighted by Gasteiger charge is 2.42. The minimum atomic E-state index is -0.569. The Morgan fingerprint density at radius 3 is 2.69 bits per heavy atom. The molecule has 0 N–H and O–H groups in total. The number of methoxy groups -OCH3 is 1. The third kappa shape index (κ3) is 3.23. The average molecular weight is 394 g/mol. The number of nitrogens with zero attached hydrogens (tertiary/aromatic N) is 6. The average Bonchev–Trinajstić information content (AvgIpc) is 3.36. The molecule has 29 heavy (non-hydrogen) atoms. The van der Waals surface area contributed by atoms with Gasteiger partial charge in [-0.15, -0.1) is 0 Å². The number of fused-ring (bicyclic) bond motifs is 1. The van der Waals surface area contributed by atoms with Crippen molar-refractivity contribution in [2.75, 3.05) is 25.7 Å². The van der Waals surface area contributed by atoms with Crippen molar-refractivity contribution in [1.29, 1.82) is 0 Å². The van der Waals surface area contributed by atoms with E-state index >= 15 is 0 Å². The molecule has 0 radical (unpaired) electrons. The van der Waals surface area contributed by atoms with E-state index in [1.54, 1.807) is 22.9 Å². The molecule has 0 saturated heterocycles. The van der Waals surface area contributed by atoms with Crippen molar-refractivity contribution in [2.24, 2.45) is 7.05 Å². The maximum absolute atomic E-state index is 12.6. The summed E-state index contributed by atoms with van der Waals surface area (Å²) < 4.78 is 8.72. The number of aromatic nitrogens is 5. The smallest absolute Gasteiger partial charge is 0.236 e. The van der Waals surface area contributed by atoms with Gasteiger partial charge in [0.2, 0.25) is 5.91 Å². The van der Waals surface area contributed by atoms with Gasteiger partial charge in [0.05, 0.1) is 17.8 Å². The summed E-state index contributed by atoms with van der Waals surface area (Å²) in [6.45, 7) is 4.59. The number of carbonyl (C=O) groups excluding carboxylic acids is 1. The van der Waals surface area contributed by atoms with Gasteiger partial charge in [0.15, 0.2) is 11.6 Å². The number of rotatable bonds is 6. The molecular weight excluding hydrogens is 368 g/mol. The number of hydrogen-bond donors (Lipinski definition) is 0. The zero-order valence-corrected chi connectivity index (χ0v) is 17.5. The maximum atomic E-state index is 12.6. The van der Waals surface area contributed by atoms with Gasteiger partial charge in [0, 0.05) is 45.5 Å². The topological polar surface area (TPSA) is 78.1 Å². The molecule has 0 fully saturated rings. The van der Waals surface area contributed by atoms with Gasteiger partial charge in [0.25, 0.3) is 0 Å². The lowest BCUT2D eigenvalue weighted by Crippen LogP contribution is -2.33. The summed E-state index contributed by atoms with van der Waals surface area (Å²) in [5, 5.41) is 8.99. The van der Waals surface area contributed by atoms with E-state index in [2.05, 4.69) is 11.2 Å².